The van der Waals surface area contributed by atoms with E-state index in [1.165, 1.54) is 12.4 Å². The third kappa shape index (κ3) is 5.68. The number of nitro groups is 1. The average Bonchev–Trinajstić information content (AvgIpc) is 2.80. The van der Waals surface area contributed by atoms with Crippen LogP contribution in [0.4, 0.5) is 5.95 Å². The van der Waals surface area contributed by atoms with Gasteiger partial charge in [-0.1, -0.05) is 18.8 Å². The molecule has 0 spiro atoms. The second kappa shape index (κ2) is 7.07. The van der Waals surface area contributed by atoms with Gasteiger partial charge in [0.15, 0.2) is 14.2 Å². The minimum atomic E-state index is -3.70. The first-order chi connectivity index (χ1) is 10.4. The third-order valence-electron chi connectivity index (χ3n) is 4.12. The molecule has 132 valence electrons. The van der Waals surface area contributed by atoms with Gasteiger partial charge in [-0.25, -0.2) is 17.7 Å². The van der Waals surface area contributed by atoms with Crippen molar-refractivity contribution in [3.63, 3.8) is 0 Å². The Bertz CT molecular complexity index is 651. The van der Waals surface area contributed by atoms with Crippen molar-refractivity contribution in [2.75, 3.05) is 6.54 Å². The quantitative estimate of drug-likeness (QED) is 0.295. The van der Waals surface area contributed by atoms with Crippen LogP contribution in [-0.4, -0.2) is 42.6 Å². The van der Waals surface area contributed by atoms with Gasteiger partial charge in [-0.05, 0) is 35.9 Å². The number of sulfonamides is 1. The number of hydrogen-bond acceptors (Lipinski definition) is 6. The predicted octanol–water partition coefficient (Wildman–Crippen LogP) is 1.43. The zero-order chi connectivity index (χ0) is 17.9. The molecule has 0 aliphatic rings. The van der Waals surface area contributed by atoms with E-state index in [9.17, 15) is 23.3 Å². The van der Waals surface area contributed by atoms with Crippen molar-refractivity contribution in [2.45, 2.75) is 50.7 Å². The molecule has 0 saturated carbocycles. The van der Waals surface area contributed by atoms with Crippen LogP contribution in [0.1, 0.15) is 26.7 Å². The van der Waals surface area contributed by atoms with E-state index in [2.05, 4.69) is 9.71 Å². The van der Waals surface area contributed by atoms with Crippen LogP contribution < -0.4 is 4.72 Å². The second-order valence-electron chi connectivity index (χ2n) is 6.64. The Hall–Kier alpha value is -1.30. The molecule has 0 amide bonds. The van der Waals surface area contributed by atoms with Crippen LogP contribution in [0.5, 0.6) is 0 Å². The molecule has 2 N–H and O–H groups in total. The molecule has 1 heterocycles. The number of nitrogens with one attached hydrogen (secondary N) is 1. The summed E-state index contributed by atoms with van der Waals surface area (Å²) in [5.74, 6) is -1.06. The summed E-state index contributed by atoms with van der Waals surface area (Å²) in [4.78, 5) is 23.7. The Morgan fingerprint density at radius 1 is 1.48 bits per heavy atom. The van der Waals surface area contributed by atoms with Crippen LogP contribution in [0.15, 0.2) is 12.4 Å². The molecule has 0 radical (unpaired) electrons. The van der Waals surface area contributed by atoms with Crippen LogP contribution in [0.25, 0.3) is 0 Å². The highest BCUT2D eigenvalue weighted by molar-refractivity contribution is 7.88. The Morgan fingerprint density at radius 2 is 2.09 bits per heavy atom. The van der Waals surface area contributed by atoms with Crippen molar-refractivity contribution in [3.05, 3.63) is 22.5 Å². The molecule has 1 aromatic rings. The Kier molecular flexibility index (Phi) is 6.07. The van der Waals surface area contributed by atoms with Crippen molar-refractivity contribution in [1.82, 2.24) is 14.3 Å². The van der Waals surface area contributed by atoms with Gasteiger partial charge in [0.05, 0.1) is 0 Å². The summed E-state index contributed by atoms with van der Waals surface area (Å²) in [5.41, 5.74) is 0. The van der Waals surface area contributed by atoms with Crippen LogP contribution in [0.2, 0.25) is 18.1 Å². The first-order valence-corrected chi connectivity index (χ1v) is 11.8. The molecule has 1 aromatic heterocycles. The van der Waals surface area contributed by atoms with Crippen molar-refractivity contribution in [3.8, 4) is 0 Å². The highest BCUT2D eigenvalue weighted by Crippen LogP contribution is 2.39. The molecule has 0 fully saturated rings. The number of nitrogens with zero attached hydrogens (tertiary/aromatic N) is 3. The lowest BCUT2D eigenvalue weighted by molar-refractivity contribution is -0.396. The van der Waals surface area contributed by atoms with Gasteiger partial charge in [0, 0.05) is 6.54 Å². The monoisotopic (exact) mass is 364 g/mol. The molecule has 1 rings (SSSR count). The van der Waals surface area contributed by atoms with Gasteiger partial charge in [-0.2, -0.15) is 0 Å². The van der Waals surface area contributed by atoms with E-state index in [1.807, 2.05) is 26.9 Å². The summed E-state index contributed by atoms with van der Waals surface area (Å²) in [6.45, 7) is 7.88. The molecule has 23 heavy (non-hydrogen) atoms. The van der Waals surface area contributed by atoms with Crippen molar-refractivity contribution in [1.29, 1.82) is 0 Å². The lowest BCUT2D eigenvalue weighted by Gasteiger charge is -2.35. The molecule has 0 unspecified atom stereocenters. The normalized spacial score (nSPS) is 13.3. The van der Waals surface area contributed by atoms with E-state index in [-0.39, 0.29) is 11.6 Å². The van der Waals surface area contributed by atoms with Crippen LogP contribution in [0.3, 0.4) is 0 Å². The molecule has 9 nitrogen and oxygen atoms in total. The van der Waals surface area contributed by atoms with Gasteiger partial charge in [-0.15, -0.1) is 0 Å². The summed E-state index contributed by atoms with van der Waals surface area (Å²) < 4.78 is 27.3. The Morgan fingerprint density at radius 3 is 2.61 bits per heavy atom. The van der Waals surface area contributed by atoms with Gasteiger partial charge >= 0.3 is 5.95 Å². The molecule has 0 saturated heterocycles. The fourth-order valence-corrected chi connectivity index (χ4v) is 3.77. The highest BCUT2D eigenvalue weighted by atomic mass is 32.2. The molecular formula is C12H24N4O5SSi. The topological polar surface area (TPSA) is 127 Å². The predicted molar refractivity (Wildman–Crippen MR) is 88.8 cm³/mol. The van der Waals surface area contributed by atoms with Gasteiger partial charge in [0.2, 0.25) is 10.0 Å². The van der Waals surface area contributed by atoms with Crippen molar-refractivity contribution in [2.24, 2.45) is 0 Å². The van der Waals surface area contributed by atoms with Gasteiger partial charge in [0.1, 0.15) is 12.4 Å². The first-order valence-electron chi connectivity index (χ1n) is 7.21. The zero-order valence-corrected chi connectivity index (χ0v) is 15.6. The SMILES string of the molecule is CC(C)(CCCNS(=O)(=O)Cn1ccnc1[N+](=O)[O-])[Si](C)(C)O. The standard InChI is InChI=1S/C12H24N4O5SSi/c1-12(2,23(3,4)21)6-5-7-14-22(19,20)10-15-9-8-13-11(15)16(17)18/h8-9,14,21H,5-7,10H2,1-4H3. The van der Waals surface area contributed by atoms with E-state index in [1.54, 1.807) is 0 Å². The molecular weight excluding hydrogens is 340 g/mol. The second-order valence-corrected chi connectivity index (χ2v) is 12.9. The van der Waals surface area contributed by atoms with Crippen LogP contribution >= 0.6 is 0 Å². The third-order valence-corrected chi connectivity index (χ3v) is 8.95. The number of aromatic nitrogens is 2. The lowest BCUT2D eigenvalue weighted by Crippen LogP contribution is -2.39. The summed E-state index contributed by atoms with van der Waals surface area (Å²) in [6.07, 6.45) is 3.70. The summed E-state index contributed by atoms with van der Waals surface area (Å²) in [5, 5.41) is 10.5. The van der Waals surface area contributed by atoms with Gasteiger partial charge < -0.3 is 14.9 Å². The average molecular weight is 365 g/mol. The maximum Gasteiger partial charge on any atom is 0.435 e. The largest absolute Gasteiger partial charge is 0.435 e. The molecule has 0 aromatic carbocycles. The van der Waals surface area contributed by atoms with E-state index in [0.717, 1.165) is 4.57 Å². The molecule has 0 atom stereocenters. The van der Waals surface area contributed by atoms with E-state index in [4.69, 9.17) is 0 Å². The summed E-state index contributed by atoms with van der Waals surface area (Å²) >= 11 is 0. The fourth-order valence-electron chi connectivity index (χ4n) is 1.87. The molecule has 0 bridgehead atoms. The Balaban J connectivity index is 2.54. The van der Waals surface area contributed by atoms with E-state index >= 15 is 0 Å². The molecule has 0 aliphatic heterocycles. The summed E-state index contributed by atoms with van der Waals surface area (Å²) in [6, 6.07) is 0. The Labute approximate surface area is 137 Å². The number of rotatable bonds is 9. The molecule has 11 heteroatoms. The van der Waals surface area contributed by atoms with Crippen LogP contribution in [0, 0.1) is 10.1 Å². The zero-order valence-electron chi connectivity index (χ0n) is 13.8. The van der Waals surface area contributed by atoms with E-state index in [0.29, 0.717) is 12.8 Å². The van der Waals surface area contributed by atoms with Crippen LogP contribution in [-0.2, 0) is 15.9 Å². The smallest absolute Gasteiger partial charge is 0.432 e. The first kappa shape index (κ1) is 19.7. The number of hydrogen-bond donors (Lipinski definition) is 2. The fraction of sp³-hybridized carbons (Fsp3) is 0.750. The summed E-state index contributed by atoms with van der Waals surface area (Å²) in [7, 11) is -6.01. The number of imidazole rings is 1. The van der Waals surface area contributed by atoms with Crippen molar-refractivity contribution < 1.29 is 18.1 Å². The van der Waals surface area contributed by atoms with Crippen molar-refractivity contribution >= 4 is 24.3 Å². The van der Waals surface area contributed by atoms with E-state index < -0.39 is 35.1 Å². The highest BCUT2D eigenvalue weighted by Gasteiger charge is 2.37. The maximum atomic E-state index is 12.0. The van der Waals surface area contributed by atoms with Gasteiger partial charge in [-0.3, -0.25) is 0 Å². The minimum Gasteiger partial charge on any atom is -0.432 e. The molecule has 0 aliphatic carbocycles. The maximum absolute atomic E-state index is 12.0. The van der Waals surface area contributed by atoms with Gasteiger partial charge in [0.25, 0.3) is 0 Å². The minimum absolute atomic E-state index is 0.221. The lowest BCUT2D eigenvalue weighted by atomic mass is 10.1.